The predicted molar refractivity (Wildman–Crippen MR) is 24.9 cm³/mol. The molecule has 0 aromatic rings. The van der Waals surface area contributed by atoms with Crippen molar-refractivity contribution in [3.05, 3.63) is 10.7 Å². The van der Waals surface area contributed by atoms with E-state index in [0.29, 0.717) is 0 Å². The van der Waals surface area contributed by atoms with Gasteiger partial charge in [-0.3, -0.25) is 0 Å². The van der Waals surface area contributed by atoms with Crippen LogP contribution in [0.2, 0.25) is 0 Å². The Morgan fingerprint density at radius 1 is 2.00 bits per heavy atom. The summed E-state index contributed by atoms with van der Waals surface area (Å²) in [6.45, 7) is 3.51. The number of halogens is 1. The monoisotopic (exact) mass is 226 g/mol. The molecule has 0 aliphatic carbocycles. The van der Waals surface area contributed by atoms with Crippen LogP contribution in [0.25, 0.3) is 0 Å². The minimum atomic E-state index is -0.200. The van der Waals surface area contributed by atoms with E-state index >= 15 is 0 Å². The van der Waals surface area contributed by atoms with Crippen LogP contribution in [0.15, 0.2) is 10.7 Å². The zero-order valence-corrected chi connectivity index (χ0v) is 6.60. The summed E-state index contributed by atoms with van der Waals surface area (Å²) in [5.74, 6) is 0. The summed E-state index contributed by atoms with van der Waals surface area (Å²) in [5, 5.41) is 0. The van der Waals surface area contributed by atoms with E-state index in [0.717, 1.165) is 0 Å². The van der Waals surface area contributed by atoms with Crippen LogP contribution in [0, 0.1) is 0 Å². The fourth-order valence-corrected chi connectivity index (χ4v) is 0. The van der Waals surface area contributed by atoms with Crippen LogP contribution in [-0.2, 0) is 0 Å². The third-order valence-corrected chi connectivity index (χ3v) is 2.69. The van der Waals surface area contributed by atoms with E-state index in [1.165, 1.54) is 0 Å². The summed E-state index contributed by atoms with van der Waals surface area (Å²) < 4.78 is 1.96. The maximum atomic E-state index is 3.51. The second-order valence-electron chi connectivity index (χ2n) is 0.313. The van der Waals surface area contributed by atoms with Gasteiger partial charge in [0.1, 0.15) is 0 Å². The molecule has 0 aliphatic rings. The average Bonchev–Trinajstić information content (AvgIpc) is 1.37. The topological polar surface area (TPSA) is 0 Å². The van der Waals surface area contributed by atoms with Gasteiger partial charge >= 0.3 is 42.3 Å². The van der Waals surface area contributed by atoms with Gasteiger partial charge in [0.05, 0.1) is 0 Å². The van der Waals surface area contributed by atoms with Crippen LogP contribution >= 0.6 is 12.7 Å². The van der Waals surface area contributed by atoms with E-state index in [1.54, 1.807) is 0 Å². The van der Waals surface area contributed by atoms with Crippen LogP contribution < -0.4 is 0 Å². The molecular weight excluding hydrogens is 223 g/mol. The van der Waals surface area contributed by atoms with Gasteiger partial charge in [-0.1, -0.05) is 0 Å². The second-order valence-corrected chi connectivity index (χ2v) is 5.17. The summed E-state index contributed by atoms with van der Waals surface area (Å²) in [6, 6.07) is 0. The van der Waals surface area contributed by atoms with Gasteiger partial charge in [0.2, 0.25) is 0 Å². The van der Waals surface area contributed by atoms with Gasteiger partial charge in [-0.15, -0.1) is 0 Å². The zero-order valence-electron chi connectivity index (χ0n) is 2.16. The Hall–Kier alpha value is 1.02. The Bertz CT molecular complexity index is 20.0. The van der Waals surface area contributed by atoms with E-state index in [-0.39, 0.29) is 18.9 Å². The second kappa shape index (κ2) is 4.02. The summed E-state index contributed by atoms with van der Waals surface area (Å²) in [4.78, 5) is 0. The Kier molecular flexibility index (Phi) is 5.04. The predicted octanol–water partition coefficient (Wildman–Crippen LogP) is 1.14. The summed E-state index contributed by atoms with van der Waals surface area (Å²) >= 11 is 3.10. The van der Waals surface area contributed by atoms with Crippen LogP contribution in [0.3, 0.4) is 0 Å². The van der Waals surface area contributed by atoms with Gasteiger partial charge in [-0.05, 0) is 0 Å². The average molecular weight is 226 g/mol. The molecule has 0 unspecified atom stereocenters. The van der Waals surface area contributed by atoms with Crippen LogP contribution in [0.5, 0.6) is 0 Å². The van der Waals surface area contributed by atoms with E-state index in [4.69, 9.17) is 0 Å². The molecule has 0 aliphatic heterocycles. The third-order valence-electron chi connectivity index (χ3n) is 0.0772. The number of hydrogen-bond acceptors (Lipinski definition) is 0. The van der Waals surface area contributed by atoms with E-state index in [9.17, 15) is 0 Å². The first-order chi connectivity index (χ1) is 1.91. The van der Waals surface area contributed by atoms with Gasteiger partial charge in [0.25, 0.3) is 0 Å². The maximum absolute atomic E-state index is 3.51. The van der Waals surface area contributed by atoms with Crippen molar-refractivity contribution in [2.24, 2.45) is 0 Å². The standard InChI is InChI=1S/C2H3.BrH.Sn/c1-2;;/h1H,2H2;1H;/q;;+1/p-1. The Morgan fingerprint density at radius 3 is 2.25 bits per heavy atom. The molecule has 0 heterocycles. The normalized spacial score (nSPS) is 6.25. The van der Waals surface area contributed by atoms with Crippen molar-refractivity contribution in [3.8, 4) is 0 Å². The van der Waals surface area contributed by atoms with Gasteiger partial charge in [0, 0.05) is 0 Å². The Balaban J connectivity index is 2.30. The van der Waals surface area contributed by atoms with Crippen LogP contribution in [-0.4, -0.2) is 18.9 Å². The number of rotatable bonds is 1. The molecule has 2 radical (unpaired) electrons. The van der Waals surface area contributed by atoms with Gasteiger partial charge in [-0.25, -0.2) is 0 Å². The zero-order chi connectivity index (χ0) is 3.41. The third kappa shape index (κ3) is 3.02. The molecule has 0 bridgehead atoms. The molecule has 0 spiro atoms. The summed E-state index contributed by atoms with van der Waals surface area (Å²) in [6.07, 6.45) is 0. The molecule has 0 amide bonds. The van der Waals surface area contributed by atoms with Crippen LogP contribution in [0.4, 0.5) is 0 Å². The van der Waals surface area contributed by atoms with Crippen LogP contribution in [0.1, 0.15) is 0 Å². The molecule has 2 heteroatoms. The van der Waals surface area contributed by atoms with E-state index in [2.05, 4.69) is 19.3 Å². The van der Waals surface area contributed by atoms with Crippen molar-refractivity contribution in [2.75, 3.05) is 0 Å². The summed E-state index contributed by atoms with van der Waals surface area (Å²) in [5.41, 5.74) is 0. The first kappa shape index (κ1) is 5.02. The molecular formula is C2H3BrSn. The SMILES string of the molecule is C=[CH][Sn][Br]. The van der Waals surface area contributed by atoms with Gasteiger partial charge in [-0.2, -0.15) is 0 Å². The van der Waals surface area contributed by atoms with Crippen molar-refractivity contribution in [1.29, 1.82) is 0 Å². The molecule has 0 saturated carbocycles. The minimum absolute atomic E-state index is 0.200. The Morgan fingerprint density at radius 2 is 2.25 bits per heavy atom. The van der Waals surface area contributed by atoms with Crippen molar-refractivity contribution in [3.63, 3.8) is 0 Å². The molecule has 22 valence electrons. The molecule has 0 aromatic carbocycles. The fourth-order valence-electron chi connectivity index (χ4n) is 0. The molecule has 0 rings (SSSR count). The molecule has 0 N–H and O–H groups in total. The van der Waals surface area contributed by atoms with Gasteiger partial charge in [0.15, 0.2) is 0 Å². The Labute approximate surface area is 42.3 Å². The van der Waals surface area contributed by atoms with Gasteiger partial charge < -0.3 is 0 Å². The molecule has 0 nitrogen and oxygen atoms in total. The van der Waals surface area contributed by atoms with E-state index in [1.807, 2.05) is 4.09 Å². The van der Waals surface area contributed by atoms with Crippen molar-refractivity contribution >= 4 is 31.6 Å². The van der Waals surface area contributed by atoms with Crippen molar-refractivity contribution < 1.29 is 0 Å². The molecule has 0 atom stereocenters. The number of hydrogen-bond donors (Lipinski definition) is 0. The molecule has 0 fully saturated rings. The first-order valence-electron chi connectivity index (χ1n) is 0.886. The fraction of sp³-hybridized carbons (Fsp3) is 0. The van der Waals surface area contributed by atoms with Crippen molar-refractivity contribution in [1.82, 2.24) is 0 Å². The molecule has 0 aromatic heterocycles. The molecule has 0 saturated heterocycles. The molecule has 4 heavy (non-hydrogen) atoms. The summed E-state index contributed by atoms with van der Waals surface area (Å²) in [7, 11) is 0. The quantitative estimate of drug-likeness (QED) is 0.588. The van der Waals surface area contributed by atoms with Crippen molar-refractivity contribution in [2.45, 2.75) is 0 Å². The first-order valence-corrected chi connectivity index (χ1v) is 8.93. The van der Waals surface area contributed by atoms with E-state index < -0.39 is 0 Å².